The number of rotatable bonds is 4. The molecular formula is C12H13N5S. The van der Waals surface area contributed by atoms with Crippen LogP contribution in [-0.2, 0) is 6.42 Å². The average Bonchev–Trinajstić information content (AvgIpc) is 2.97. The van der Waals surface area contributed by atoms with Crippen LogP contribution in [0.4, 0.5) is 10.8 Å². The van der Waals surface area contributed by atoms with E-state index in [-0.39, 0.29) is 0 Å². The number of hydrogen-bond donors (Lipinski definition) is 3. The summed E-state index contributed by atoms with van der Waals surface area (Å²) < 4.78 is 1.11. The first-order valence-electron chi connectivity index (χ1n) is 5.69. The number of nitrogens with one attached hydrogen (secondary N) is 2. The van der Waals surface area contributed by atoms with E-state index in [0.29, 0.717) is 0 Å². The summed E-state index contributed by atoms with van der Waals surface area (Å²) in [5.74, 6) is 0.979. The van der Waals surface area contributed by atoms with Gasteiger partial charge in [0, 0.05) is 31.0 Å². The number of H-pyrrole nitrogens is 1. The Balaban J connectivity index is 1.67. The summed E-state index contributed by atoms with van der Waals surface area (Å²) in [6.45, 7) is 0.808. The van der Waals surface area contributed by atoms with Crippen molar-refractivity contribution in [3.05, 3.63) is 36.4 Å². The number of anilines is 2. The van der Waals surface area contributed by atoms with E-state index < -0.39 is 0 Å². The van der Waals surface area contributed by atoms with Crippen molar-refractivity contribution in [2.75, 3.05) is 17.6 Å². The third kappa shape index (κ3) is 2.28. The van der Waals surface area contributed by atoms with Gasteiger partial charge in [0.25, 0.3) is 0 Å². The van der Waals surface area contributed by atoms with Crippen LogP contribution >= 0.6 is 11.3 Å². The van der Waals surface area contributed by atoms with Crippen LogP contribution in [0.1, 0.15) is 5.82 Å². The number of thiazole rings is 1. The van der Waals surface area contributed by atoms with Crippen molar-refractivity contribution < 1.29 is 0 Å². The predicted molar refractivity (Wildman–Crippen MR) is 74.8 cm³/mol. The second-order valence-electron chi connectivity index (χ2n) is 3.96. The van der Waals surface area contributed by atoms with Crippen LogP contribution in [0.15, 0.2) is 30.6 Å². The molecule has 0 aliphatic carbocycles. The third-order valence-corrected chi connectivity index (χ3v) is 3.58. The van der Waals surface area contributed by atoms with Gasteiger partial charge in [-0.05, 0) is 18.2 Å². The molecule has 2 aromatic heterocycles. The second kappa shape index (κ2) is 4.66. The minimum atomic E-state index is 0.772. The van der Waals surface area contributed by atoms with Crippen LogP contribution in [0.2, 0.25) is 0 Å². The highest BCUT2D eigenvalue weighted by molar-refractivity contribution is 7.22. The maximum absolute atomic E-state index is 5.74. The van der Waals surface area contributed by atoms with Gasteiger partial charge in [0.1, 0.15) is 5.82 Å². The quantitative estimate of drug-likeness (QED) is 0.628. The van der Waals surface area contributed by atoms with E-state index in [4.69, 9.17) is 5.73 Å². The van der Waals surface area contributed by atoms with Gasteiger partial charge >= 0.3 is 0 Å². The Kier molecular flexibility index (Phi) is 2.85. The van der Waals surface area contributed by atoms with E-state index in [9.17, 15) is 0 Å². The van der Waals surface area contributed by atoms with Crippen molar-refractivity contribution in [1.82, 2.24) is 15.0 Å². The van der Waals surface area contributed by atoms with Crippen molar-refractivity contribution in [3.63, 3.8) is 0 Å². The number of imidazole rings is 1. The Hall–Kier alpha value is -2.08. The molecule has 4 N–H and O–H groups in total. The normalized spacial score (nSPS) is 10.9. The summed E-state index contributed by atoms with van der Waals surface area (Å²) in [5.41, 5.74) is 7.50. The molecule has 0 saturated heterocycles. The number of nitrogens with two attached hydrogens (primary N) is 1. The average molecular weight is 259 g/mol. The molecule has 1 aromatic carbocycles. The van der Waals surface area contributed by atoms with Gasteiger partial charge in [0.2, 0.25) is 0 Å². The zero-order chi connectivity index (χ0) is 12.4. The minimum absolute atomic E-state index is 0.772. The van der Waals surface area contributed by atoms with Crippen molar-refractivity contribution >= 4 is 32.4 Å². The first-order valence-corrected chi connectivity index (χ1v) is 6.51. The van der Waals surface area contributed by atoms with E-state index in [2.05, 4.69) is 20.3 Å². The van der Waals surface area contributed by atoms with Gasteiger partial charge in [-0.15, -0.1) is 0 Å². The van der Waals surface area contributed by atoms with Crippen LogP contribution in [0.3, 0.4) is 0 Å². The Bertz CT molecular complexity index is 644. The maximum atomic E-state index is 5.74. The van der Waals surface area contributed by atoms with Crippen molar-refractivity contribution in [1.29, 1.82) is 0 Å². The highest BCUT2D eigenvalue weighted by Crippen LogP contribution is 2.27. The molecule has 0 spiro atoms. The molecule has 0 bridgehead atoms. The minimum Gasteiger partial charge on any atom is -0.399 e. The molecule has 0 unspecified atom stereocenters. The zero-order valence-corrected chi connectivity index (χ0v) is 10.5. The van der Waals surface area contributed by atoms with Crippen LogP contribution in [-0.4, -0.2) is 21.5 Å². The first kappa shape index (κ1) is 11.0. The fourth-order valence-electron chi connectivity index (χ4n) is 1.74. The number of nitrogen functional groups attached to an aromatic ring is 1. The maximum Gasteiger partial charge on any atom is 0.183 e. The summed E-state index contributed by atoms with van der Waals surface area (Å²) in [7, 11) is 0. The van der Waals surface area contributed by atoms with Gasteiger partial charge in [-0.1, -0.05) is 11.3 Å². The Morgan fingerprint density at radius 3 is 3.17 bits per heavy atom. The van der Waals surface area contributed by atoms with Crippen LogP contribution in [0, 0.1) is 0 Å². The lowest BCUT2D eigenvalue weighted by atomic mass is 10.3. The molecule has 5 nitrogen and oxygen atoms in total. The molecule has 3 rings (SSSR count). The fraction of sp³-hybridized carbons (Fsp3) is 0.167. The number of aromatic amines is 1. The Morgan fingerprint density at radius 2 is 2.33 bits per heavy atom. The van der Waals surface area contributed by atoms with Crippen molar-refractivity contribution in [2.45, 2.75) is 6.42 Å². The van der Waals surface area contributed by atoms with Crippen molar-refractivity contribution in [3.8, 4) is 0 Å². The summed E-state index contributed by atoms with van der Waals surface area (Å²) in [6, 6.07) is 5.76. The highest BCUT2D eigenvalue weighted by Gasteiger charge is 2.03. The summed E-state index contributed by atoms with van der Waals surface area (Å²) in [6.07, 6.45) is 4.44. The fourth-order valence-corrected chi connectivity index (χ4v) is 2.68. The standard InChI is InChI=1S/C12H13N5S/c13-8-1-2-9-10(7-8)18-12(17-9)16-4-3-11-14-5-6-15-11/h1-2,5-7H,3-4,13H2,(H,14,15)(H,16,17). The first-order chi connectivity index (χ1) is 8.81. The molecule has 0 fully saturated rings. The van der Waals surface area contributed by atoms with E-state index in [1.54, 1.807) is 17.5 Å². The lowest BCUT2D eigenvalue weighted by Gasteiger charge is -1.99. The number of aromatic nitrogens is 3. The van der Waals surface area contributed by atoms with Crippen LogP contribution < -0.4 is 11.1 Å². The molecule has 0 atom stereocenters. The molecule has 92 valence electrons. The smallest absolute Gasteiger partial charge is 0.183 e. The molecule has 0 amide bonds. The molecule has 0 aliphatic rings. The highest BCUT2D eigenvalue weighted by atomic mass is 32.1. The van der Waals surface area contributed by atoms with Crippen molar-refractivity contribution in [2.24, 2.45) is 0 Å². The largest absolute Gasteiger partial charge is 0.399 e. The number of fused-ring (bicyclic) bond motifs is 1. The monoisotopic (exact) mass is 259 g/mol. The molecule has 0 saturated carbocycles. The van der Waals surface area contributed by atoms with Gasteiger partial charge in [-0.2, -0.15) is 0 Å². The molecule has 3 aromatic rings. The lowest BCUT2D eigenvalue weighted by molar-refractivity contribution is 0.926. The number of benzene rings is 1. The lowest BCUT2D eigenvalue weighted by Crippen LogP contribution is -2.05. The molecule has 0 aliphatic heterocycles. The number of nitrogens with zero attached hydrogens (tertiary/aromatic N) is 2. The van der Waals surface area contributed by atoms with Crippen LogP contribution in [0.25, 0.3) is 10.2 Å². The summed E-state index contributed by atoms with van der Waals surface area (Å²) in [4.78, 5) is 11.7. The molecular weight excluding hydrogens is 246 g/mol. The SMILES string of the molecule is Nc1ccc2nc(NCCc3ncc[nH]3)sc2c1. The topological polar surface area (TPSA) is 79.6 Å². The predicted octanol–water partition coefficient (Wildman–Crippen LogP) is 2.26. The van der Waals surface area contributed by atoms with E-state index >= 15 is 0 Å². The Morgan fingerprint density at radius 1 is 1.39 bits per heavy atom. The second-order valence-corrected chi connectivity index (χ2v) is 4.99. The van der Waals surface area contributed by atoms with E-state index in [1.807, 2.05) is 24.4 Å². The molecule has 2 heterocycles. The van der Waals surface area contributed by atoms with Gasteiger partial charge in [0.15, 0.2) is 5.13 Å². The van der Waals surface area contributed by atoms with Gasteiger partial charge in [0.05, 0.1) is 10.2 Å². The molecule has 0 radical (unpaired) electrons. The molecule has 18 heavy (non-hydrogen) atoms. The number of hydrogen-bond acceptors (Lipinski definition) is 5. The van der Waals surface area contributed by atoms with Gasteiger partial charge in [-0.25, -0.2) is 9.97 Å². The van der Waals surface area contributed by atoms with Gasteiger partial charge < -0.3 is 16.0 Å². The van der Waals surface area contributed by atoms with E-state index in [1.165, 1.54) is 0 Å². The third-order valence-electron chi connectivity index (χ3n) is 2.61. The summed E-state index contributed by atoms with van der Waals surface area (Å²) >= 11 is 1.62. The molecule has 6 heteroatoms. The zero-order valence-electron chi connectivity index (χ0n) is 9.68. The Labute approximate surface area is 108 Å². The van der Waals surface area contributed by atoms with Crippen LogP contribution in [0.5, 0.6) is 0 Å². The summed E-state index contributed by atoms with van der Waals surface area (Å²) in [5, 5.41) is 4.22. The van der Waals surface area contributed by atoms with E-state index in [0.717, 1.165) is 39.8 Å². The van der Waals surface area contributed by atoms with Gasteiger partial charge in [-0.3, -0.25) is 0 Å².